The molecule has 2 amide bonds. The predicted molar refractivity (Wildman–Crippen MR) is 100 cm³/mol. The number of carbonyl (C=O) groups is 2. The van der Waals surface area contributed by atoms with E-state index in [0.29, 0.717) is 11.3 Å². The molecule has 2 aromatic carbocycles. The summed E-state index contributed by atoms with van der Waals surface area (Å²) in [5.41, 5.74) is 9.50. The molecule has 0 saturated carbocycles. The molecular formula is C21H24N2O3. The van der Waals surface area contributed by atoms with E-state index in [1.165, 1.54) is 24.0 Å². The Hall–Kier alpha value is -2.82. The summed E-state index contributed by atoms with van der Waals surface area (Å²) in [7, 11) is 0. The Morgan fingerprint density at radius 3 is 2.65 bits per heavy atom. The Morgan fingerprint density at radius 2 is 1.88 bits per heavy atom. The highest BCUT2D eigenvalue weighted by Gasteiger charge is 2.15. The number of nitrogens with one attached hydrogen (secondary N) is 1. The number of amides is 2. The molecule has 0 saturated heterocycles. The van der Waals surface area contributed by atoms with Crippen molar-refractivity contribution in [1.82, 2.24) is 5.32 Å². The minimum absolute atomic E-state index is 0.0927. The molecule has 3 N–H and O–H groups in total. The highest BCUT2D eigenvalue weighted by atomic mass is 16.5. The van der Waals surface area contributed by atoms with E-state index in [2.05, 4.69) is 23.5 Å². The van der Waals surface area contributed by atoms with Gasteiger partial charge in [0.05, 0.1) is 6.04 Å². The van der Waals surface area contributed by atoms with E-state index in [1.807, 2.05) is 6.92 Å². The molecule has 0 radical (unpaired) electrons. The second kappa shape index (κ2) is 8.04. The summed E-state index contributed by atoms with van der Waals surface area (Å²) in [5, 5.41) is 3.03. The Labute approximate surface area is 153 Å². The maximum atomic E-state index is 12.5. The molecule has 1 unspecified atom stereocenters. The Bertz CT molecular complexity index is 817. The van der Waals surface area contributed by atoms with Gasteiger partial charge < -0.3 is 15.8 Å². The fraction of sp³-hybridized carbons (Fsp3) is 0.333. The highest BCUT2D eigenvalue weighted by molar-refractivity contribution is 5.94. The summed E-state index contributed by atoms with van der Waals surface area (Å²) < 4.78 is 5.26. The normalized spacial score (nSPS) is 14.2. The molecular weight excluding hydrogens is 328 g/mol. The molecule has 0 fully saturated rings. The summed E-state index contributed by atoms with van der Waals surface area (Å²) in [6, 6.07) is 13.1. The fourth-order valence-corrected chi connectivity index (χ4v) is 3.27. The standard InChI is InChI=1S/C21H24N2O3/c1-14(16-10-9-15-5-2-3-6-17(15)11-16)23-21(25)18-7-4-8-19(12-18)26-13-20(22)24/h4,7-12,14H,2-3,5-6,13H2,1H3,(H2,22,24)(H,23,25). The second-order valence-electron chi connectivity index (χ2n) is 6.71. The van der Waals surface area contributed by atoms with Gasteiger partial charge in [-0.1, -0.05) is 24.3 Å². The Balaban J connectivity index is 1.67. The van der Waals surface area contributed by atoms with Crippen LogP contribution in [-0.2, 0) is 17.6 Å². The zero-order chi connectivity index (χ0) is 18.5. The smallest absolute Gasteiger partial charge is 0.255 e. The summed E-state index contributed by atoms with van der Waals surface area (Å²) in [5.74, 6) is -0.293. The largest absolute Gasteiger partial charge is 0.484 e. The van der Waals surface area contributed by atoms with Crippen molar-refractivity contribution in [2.75, 3.05) is 6.61 Å². The molecule has 2 aromatic rings. The Morgan fingerprint density at radius 1 is 1.12 bits per heavy atom. The molecule has 26 heavy (non-hydrogen) atoms. The van der Waals surface area contributed by atoms with Gasteiger partial charge in [-0.2, -0.15) is 0 Å². The van der Waals surface area contributed by atoms with Gasteiger partial charge in [0.25, 0.3) is 11.8 Å². The molecule has 1 aliphatic rings. The second-order valence-corrected chi connectivity index (χ2v) is 6.71. The zero-order valence-corrected chi connectivity index (χ0v) is 15.0. The van der Waals surface area contributed by atoms with Crippen molar-refractivity contribution in [3.63, 3.8) is 0 Å². The van der Waals surface area contributed by atoms with Gasteiger partial charge in [0.1, 0.15) is 5.75 Å². The number of aryl methyl sites for hydroxylation is 2. The third-order valence-electron chi connectivity index (χ3n) is 4.70. The first-order valence-corrected chi connectivity index (χ1v) is 8.96. The van der Waals surface area contributed by atoms with E-state index in [4.69, 9.17) is 10.5 Å². The first-order valence-electron chi connectivity index (χ1n) is 8.96. The van der Waals surface area contributed by atoms with Crippen LogP contribution in [-0.4, -0.2) is 18.4 Å². The lowest BCUT2D eigenvalue weighted by Crippen LogP contribution is -2.27. The molecule has 136 valence electrons. The lowest BCUT2D eigenvalue weighted by atomic mass is 9.89. The third-order valence-corrected chi connectivity index (χ3v) is 4.70. The average Bonchev–Trinajstić information content (AvgIpc) is 2.66. The number of ether oxygens (including phenoxy) is 1. The lowest BCUT2D eigenvalue weighted by molar-refractivity contribution is -0.119. The van der Waals surface area contributed by atoms with Gasteiger partial charge in [-0.15, -0.1) is 0 Å². The van der Waals surface area contributed by atoms with Gasteiger partial charge in [0, 0.05) is 5.56 Å². The van der Waals surface area contributed by atoms with Crippen LogP contribution in [0, 0.1) is 0 Å². The van der Waals surface area contributed by atoms with Crippen molar-refractivity contribution in [2.45, 2.75) is 38.6 Å². The summed E-state index contributed by atoms with van der Waals surface area (Å²) in [4.78, 5) is 23.4. The van der Waals surface area contributed by atoms with Gasteiger partial charge in [-0.25, -0.2) is 0 Å². The molecule has 1 aliphatic carbocycles. The molecule has 5 nitrogen and oxygen atoms in total. The van der Waals surface area contributed by atoms with Crippen LogP contribution in [0.2, 0.25) is 0 Å². The van der Waals surface area contributed by atoms with Crippen molar-refractivity contribution in [2.24, 2.45) is 5.73 Å². The Kier molecular flexibility index (Phi) is 5.56. The van der Waals surface area contributed by atoms with Crippen LogP contribution in [0.25, 0.3) is 0 Å². The monoisotopic (exact) mass is 352 g/mol. The van der Waals surface area contributed by atoms with Crippen molar-refractivity contribution in [3.8, 4) is 5.75 Å². The van der Waals surface area contributed by atoms with Crippen molar-refractivity contribution < 1.29 is 14.3 Å². The van der Waals surface area contributed by atoms with Crippen LogP contribution in [0.15, 0.2) is 42.5 Å². The number of hydrogen-bond acceptors (Lipinski definition) is 3. The molecule has 1 atom stereocenters. The number of carbonyl (C=O) groups excluding carboxylic acids is 2. The number of nitrogens with two attached hydrogens (primary N) is 1. The van der Waals surface area contributed by atoms with E-state index >= 15 is 0 Å². The van der Waals surface area contributed by atoms with Crippen molar-refractivity contribution in [3.05, 3.63) is 64.7 Å². The van der Waals surface area contributed by atoms with Gasteiger partial charge in [0.2, 0.25) is 0 Å². The van der Waals surface area contributed by atoms with Gasteiger partial charge in [0.15, 0.2) is 6.61 Å². The average molecular weight is 352 g/mol. The molecule has 5 heteroatoms. The predicted octanol–water partition coefficient (Wildman–Crippen LogP) is 2.92. The van der Waals surface area contributed by atoms with Gasteiger partial charge >= 0.3 is 0 Å². The topological polar surface area (TPSA) is 81.4 Å². The van der Waals surface area contributed by atoms with E-state index in [1.54, 1.807) is 24.3 Å². The van der Waals surface area contributed by atoms with E-state index in [0.717, 1.165) is 18.4 Å². The summed E-state index contributed by atoms with van der Waals surface area (Å²) in [6.07, 6.45) is 4.75. The van der Waals surface area contributed by atoms with E-state index in [-0.39, 0.29) is 18.6 Å². The quantitative estimate of drug-likeness (QED) is 0.839. The van der Waals surface area contributed by atoms with Crippen molar-refractivity contribution >= 4 is 11.8 Å². The van der Waals surface area contributed by atoms with Crippen LogP contribution in [0.1, 0.15) is 52.9 Å². The molecule has 0 aliphatic heterocycles. The number of benzene rings is 2. The maximum Gasteiger partial charge on any atom is 0.255 e. The number of hydrogen-bond donors (Lipinski definition) is 2. The highest BCUT2D eigenvalue weighted by Crippen LogP contribution is 2.25. The summed E-state index contributed by atoms with van der Waals surface area (Å²) in [6.45, 7) is 1.77. The first-order chi connectivity index (χ1) is 12.5. The minimum atomic E-state index is -0.555. The van der Waals surface area contributed by atoms with E-state index < -0.39 is 5.91 Å². The third kappa shape index (κ3) is 4.42. The van der Waals surface area contributed by atoms with Crippen molar-refractivity contribution in [1.29, 1.82) is 0 Å². The maximum absolute atomic E-state index is 12.5. The van der Waals surface area contributed by atoms with Crippen LogP contribution in [0.5, 0.6) is 5.75 Å². The molecule has 0 bridgehead atoms. The van der Waals surface area contributed by atoms with Crippen LogP contribution < -0.4 is 15.8 Å². The van der Waals surface area contributed by atoms with Crippen LogP contribution in [0.4, 0.5) is 0 Å². The van der Waals surface area contributed by atoms with Gasteiger partial charge in [-0.3, -0.25) is 9.59 Å². The molecule has 0 spiro atoms. The van der Waals surface area contributed by atoms with E-state index in [9.17, 15) is 9.59 Å². The first kappa shape index (κ1) is 18.0. The number of fused-ring (bicyclic) bond motifs is 1. The number of primary amides is 1. The summed E-state index contributed by atoms with van der Waals surface area (Å²) >= 11 is 0. The van der Waals surface area contributed by atoms with Crippen LogP contribution in [0.3, 0.4) is 0 Å². The minimum Gasteiger partial charge on any atom is -0.484 e. The van der Waals surface area contributed by atoms with Crippen LogP contribution >= 0.6 is 0 Å². The fourth-order valence-electron chi connectivity index (χ4n) is 3.27. The molecule has 0 aromatic heterocycles. The SMILES string of the molecule is CC(NC(=O)c1cccc(OCC(N)=O)c1)c1ccc2c(c1)CCCC2. The van der Waals surface area contributed by atoms with Gasteiger partial charge in [-0.05, 0) is 67.5 Å². The number of rotatable bonds is 6. The zero-order valence-electron chi connectivity index (χ0n) is 15.0. The lowest BCUT2D eigenvalue weighted by Gasteiger charge is -2.20. The molecule has 3 rings (SSSR count). The molecule has 0 heterocycles.